The molecule has 2 aliphatic heterocycles. The van der Waals surface area contributed by atoms with Crippen LogP contribution in [0.1, 0.15) is 65.1 Å². The van der Waals surface area contributed by atoms with Crippen molar-refractivity contribution in [2.24, 2.45) is 0 Å². The van der Waals surface area contributed by atoms with Crippen LogP contribution in [0, 0.1) is 12.7 Å². The van der Waals surface area contributed by atoms with Gasteiger partial charge in [-0.05, 0) is 31.5 Å². The second-order valence-corrected chi connectivity index (χ2v) is 10.6. The maximum Gasteiger partial charge on any atom is 0.418 e. The molecule has 0 aliphatic carbocycles. The van der Waals surface area contributed by atoms with E-state index in [1.165, 1.54) is 41.7 Å². The minimum Gasteiger partial charge on any atom is -0.378 e. The summed E-state index contributed by atoms with van der Waals surface area (Å²) in [6.45, 7) is 7.03. The molecule has 2 aromatic rings. The van der Waals surface area contributed by atoms with E-state index >= 15 is 0 Å². The molecular formula is C27H33BrF4N4O4. The largest absolute Gasteiger partial charge is 0.418 e. The number of hydrogen-bond acceptors (Lipinski definition) is 5. The lowest BCUT2D eigenvalue weighted by molar-refractivity contribution is -0.137. The second kappa shape index (κ2) is 13.6. The molecule has 3 heterocycles. The molecule has 1 atom stereocenters. The van der Waals surface area contributed by atoms with Crippen LogP contribution in [0.15, 0.2) is 27.5 Å². The van der Waals surface area contributed by atoms with Crippen molar-refractivity contribution in [2.75, 3.05) is 44.3 Å². The first-order chi connectivity index (χ1) is 18.9. The number of unbranched alkanes of at least 4 members (excludes halogenated alkanes) is 1. The third-order valence-corrected chi connectivity index (χ3v) is 7.06. The highest BCUT2D eigenvalue weighted by atomic mass is 79.9. The predicted molar refractivity (Wildman–Crippen MR) is 146 cm³/mol. The summed E-state index contributed by atoms with van der Waals surface area (Å²) in [5.74, 6) is -2.63. The molecule has 2 aliphatic rings. The second-order valence-electron chi connectivity index (χ2n) is 9.67. The smallest absolute Gasteiger partial charge is 0.378 e. The third-order valence-electron chi connectivity index (χ3n) is 6.60. The lowest BCUT2D eigenvalue weighted by atomic mass is 10.0. The normalized spacial score (nSPS) is 17.4. The van der Waals surface area contributed by atoms with E-state index in [2.05, 4.69) is 40.1 Å². The number of aromatic nitrogens is 1. The molecule has 2 amide bonds. The van der Waals surface area contributed by atoms with Crippen LogP contribution in [-0.4, -0.2) is 67.1 Å². The Morgan fingerprint density at radius 2 is 1.75 bits per heavy atom. The summed E-state index contributed by atoms with van der Waals surface area (Å²) in [4.78, 5) is 42.7. The molecule has 2 saturated heterocycles. The Bertz CT molecular complexity index is 1280. The van der Waals surface area contributed by atoms with E-state index < -0.39 is 46.5 Å². The standard InChI is InChI=1S/C23H23BrF4N4O4.C4H10/c1-12-8-15(18(25)21(34)29-12)20(33)30-14-2-3-32(11-14)19-16(22(35)31-4-6-36-7-5-31)9-13(24)10-17(19)23(26,27)28;1-3-4-2/h8-10,14H,2-7,11H2,1H3,(H,29,34)(H,30,33);3-4H2,1-2H3/t14-;/m1./s1. The van der Waals surface area contributed by atoms with Crippen LogP contribution in [0.25, 0.3) is 0 Å². The summed E-state index contributed by atoms with van der Waals surface area (Å²) < 4.78 is 61.8. The van der Waals surface area contributed by atoms with Gasteiger partial charge in [-0.25, -0.2) is 4.39 Å². The topological polar surface area (TPSA) is 94.7 Å². The van der Waals surface area contributed by atoms with Crippen molar-refractivity contribution in [3.63, 3.8) is 0 Å². The fraction of sp³-hybridized carbons (Fsp3) is 0.519. The molecule has 0 spiro atoms. The van der Waals surface area contributed by atoms with Gasteiger partial charge in [0, 0.05) is 42.4 Å². The fourth-order valence-electron chi connectivity index (χ4n) is 4.44. The lowest BCUT2D eigenvalue weighted by Crippen LogP contribution is -2.42. The molecular weight excluding hydrogens is 600 g/mol. The van der Waals surface area contributed by atoms with Crippen molar-refractivity contribution in [3.05, 3.63) is 61.2 Å². The number of nitrogens with zero attached hydrogens (tertiary/aromatic N) is 2. The Morgan fingerprint density at radius 3 is 2.35 bits per heavy atom. The Kier molecular flexibility index (Phi) is 10.8. The number of carbonyl (C=O) groups excluding carboxylic acids is 2. The zero-order valence-electron chi connectivity index (χ0n) is 22.6. The number of ether oxygens (including phenoxy) is 1. The van der Waals surface area contributed by atoms with Gasteiger partial charge in [-0.1, -0.05) is 42.6 Å². The van der Waals surface area contributed by atoms with Crippen molar-refractivity contribution < 1.29 is 31.9 Å². The van der Waals surface area contributed by atoms with Crippen LogP contribution < -0.4 is 15.8 Å². The minimum atomic E-state index is -4.74. The van der Waals surface area contributed by atoms with Crippen LogP contribution >= 0.6 is 15.9 Å². The Hall–Kier alpha value is -2.93. The molecule has 13 heteroatoms. The van der Waals surface area contributed by atoms with Crippen molar-refractivity contribution >= 4 is 33.4 Å². The van der Waals surface area contributed by atoms with Gasteiger partial charge in [0.25, 0.3) is 17.4 Å². The number of aryl methyl sites for hydroxylation is 1. The van der Waals surface area contributed by atoms with Crippen LogP contribution in [0.2, 0.25) is 0 Å². The Balaban J connectivity index is 0.00000103. The van der Waals surface area contributed by atoms with E-state index in [1.807, 2.05) is 0 Å². The molecule has 0 radical (unpaired) electrons. The van der Waals surface area contributed by atoms with E-state index in [9.17, 15) is 31.9 Å². The number of aromatic amines is 1. The van der Waals surface area contributed by atoms with Crippen molar-refractivity contribution in [2.45, 2.75) is 52.3 Å². The summed E-state index contributed by atoms with van der Waals surface area (Å²) in [5, 5.41) is 2.60. The summed E-state index contributed by atoms with van der Waals surface area (Å²) >= 11 is 3.09. The fourth-order valence-corrected chi connectivity index (χ4v) is 4.90. The summed E-state index contributed by atoms with van der Waals surface area (Å²) in [6, 6.07) is 2.84. The Labute approximate surface area is 238 Å². The van der Waals surface area contributed by atoms with Gasteiger partial charge in [0.2, 0.25) is 5.82 Å². The van der Waals surface area contributed by atoms with Gasteiger partial charge in [-0.15, -0.1) is 0 Å². The van der Waals surface area contributed by atoms with E-state index in [4.69, 9.17) is 4.74 Å². The van der Waals surface area contributed by atoms with Gasteiger partial charge < -0.3 is 24.8 Å². The number of alkyl halides is 3. The molecule has 8 nitrogen and oxygen atoms in total. The molecule has 2 N–H and O–H groups in total. The maximum absolute atomic E-state index is 14.2. The van der Waals surface area contributed by atoms with Gasteiger partial charge in [-0.3, -0.25) is 14.4 Å². The first-order valence-electron chi connectivity index (χ1n) is 13.1. The molecule has 40 heavy (non-hydrogen) atoms. The number of halogens is 5. The molecule has 0 unspecified atom stereocenters. The lowest BCUT2D eigenvalue weighted by Gasteiger charge is -2.31. The number of carbonyl (C=O) groups is 2. The molecule has 1 aromatic heterocycles. The first-order valence-corrected chi connectivity index (χ1v) is 13.9. The number of morpholine rings is 1. The van der Waals surface area contributed by atoms with Gasteiger partial charge in [0.1, 0.15) is 0 Å². The number of benzene rings is 1. The van der Waals surface area contributed by atoms with Crippen molar-refractivity contribution in [1.29, 1.82) is 0 Å². The SMILES string of the molecule is CCCC.Cc1cc(C(=O)N[C@@H]2CCN(c3c(C(=O)N4CCOCC4)cc(Br)cc3C(F)(F)F)C2)c(F)c(=O)[nH]1. The van der Waals surface area contributed by atoms with Crippen LogP contribution in [0.4, 0.5) is 23.2 Å². The summed E-state index contributed by atoms with van der Waals surface area (Å²) in [6.07, 6.45) is -1.85. The average Bonchev–Trinajstić information content (AvgIpc) is 3.37. The molecule has 1 aromatic carbocycles. The van der Waals surface area contributed by atoms with Crippen molar-refractivity contribution in [1.82, 2.24) is 15.2 Å². The third kappa shape index (κ3) is 7.62. The molecule has 0 saturated carbocycles. The number of anilines is 1. The predicted octanol–water partition coefficient (Wildman–Crippen LogP) is 4.89. The highest BCUT2D eigenvalue weighted by Crippen LogP contribution is 2.42. The monoisotopic (exact) mass is 632 g/mol. The van der Waals surface area contributed by atoms with Crippen LogP contribution in [0.5, 0.6) is 0 Å². The number of H-pyrrole nitrogens is 1. The number of nitrogens with one attached hydrogen (secondary N) is 2. The zero-order chi connectivity index (χ0) is 29.6. The summed E-state index contributed by atoms with van der Waals surface area (Å²) in [7, 11) is 0. The molecule has 2 fully saturated rings. The van der Waals surface area contributed by atoms with Gasteiger partial charge >= 0.3 is 6.18 Å². The number of hydrogen-bond donors (Lipinski definition) is 2. The Morgan fingerprint density at radius 1 is 1.10 bits per heavy atom. The number of amides is 2. The maximum atomic E-state index is 14.2. The molecule has 0 bridgehead atoms. The average molecular weight is 633 g/mol. The van der Waals surface area contributed by atoms with Crippen LogP contribution in [0.3, 0.4) is 0 Å². The number of pyridine rings is 1. The van der Waals surface area contributed by atoms with Crippen molar-refractivity contribution in [3.8, 4) is 0 Å². The molecule has 4 rings (SSSR count). The van der Waals surface area contributed by atoms with Crippen LogP contribution in [-0.2, 0) is 10.9 Å². The number of rotatable bonds is 5. The highest BCUT2D eigenvalue weighted by molar-refractivity contribution is 9.10. The zero-order valence-corrected chi connectivity index (χ0v) is 24.2. The van der Waals surface area contributed by atoms with E-state index in [-0.39, 0.29) is 67.2 Å². The van der Waals surface area contributed by atoms with Gasteiger partial charge in [0.05, 0.1) is 35.6 Å². The quantitative estimate of drug-likeness (QED) is 0.458. The van der Waals surface area contributed by atoms with E-state index in [1.54, 1.807) is 0 Å². The van der Waals surface area contributed by atoms with E-state index in [0.29, 0.717) is 0 Å². The minimum absolute atomic E-state index is 0.0381. The molecule has 220 valence electrons. The summed E-state index contributed by atoms with van der Waals surface area (Å²) in [5.41, 5.74) is -2.55. The van der Waals surface area contributed by atoms with E-state index in [0.717, 1.165) is 6.07 Å². The first kappa shape index (κ1) is 31.6. The van der Waals surface area contributed by atoms with Gasteiger partial charge in [-0.2, -0.15) is 13.2 Å². The van der Waals surface area contributed by atoms with Gasteiger partial charge in [0.15, 0.2) is 0 Å². The highest BCUT2D eigenvalue weighted by Gasteiger charge is 2.40.